The lowest BCUT2D eigenvalue weighted by molar-refractivity contribution is -0.121. The van der Waals surface area contributed by atoms with E-state index in [1.165, 1.54) is 23.1 Å². The molecule has 0 saturated heterocycles. The van der Waals surface area contributed by atoms with Crippen molar-refractivity contribution in [1.29, 1.82) is 0 Å². The minimum atomic E-state index is -0.401. The van der Waals surface area contributed by atoms with Crippen molar-refractivity contribution >= 4 is 69.0 Å². The summed E-state index contributed by atoms with van der Waals surface area (Å²) in [6, 6.07) is 5.34. The second-order valence-corrected chi connectivity index (χ2v) is 7.92. The highest BCUT2D eigenvalue weighted by Crippen LogP contribution is 2.33. The van der Waals surface area contributed by atoms with Gasteiger partial charge in [0.15, 0.2) is 4.34 Å². The van der Waals surface area contributed by atoms with Crippen LogP contribution in [0.25, 0.3) is 0 Å². The lowest BCUT2D eigenvalue weighted by Crippen LogP contribution is -2.32. The molecule has 7 nitrogen and oxygen atoms in total. The lowest BCUT2D eigenvalue weighted by Gasteiger charge is -2.10. The first-order valence-electron chi connectivity index (χ1n) is 7.09. The topological polar surface area (TPSA) is 96.3 Å². The van der Waals surface area contributed by atoms with Crippen LogP contribution in [0.2, 0.25) is 10.0 Å². The molecule has 1 aliphatic rings. The van der Waals surface area contributed by atoms with Gasteiger partial charge in [0.1, 0.15) is 5.71 Å². The van der Waals surface area contributed by atoms with E-state index >= 15 is 0 Å². The number of nitrogens with zero attached hydrogens (tertiary/aromatic N) is 3. The molecule has 1 aromatic heterocycles. The number of carbonyl (C=O) groups is 2. The van der Waals surface area contributed by atoms with Crippen molar-refractivity contribution in [3.8, 4) is 0 Å². The van der Waals surface area contributed by atoms with Crippen LogP contribution in [0.1, 0.15) is 18.4 Å². The van der Waals surface area contributed by atoms with Crippen molar-refractivity contribution < 1.29 is 9.59 Å². The first kappa shape index (κ1) is 18.1. The molecule has 2 amide bonds. The molecule has 2 aromatic rings. The molecule has 0 saturated carbocycles. The molecule has 0 radical (unpaired) electrons. The molecule has 0 unspecified atom stereocenters. The molecule has 0 aliphatic carbocycles. The second kappa shape index (κ2) is 8.13. The second-order valence-electron chi connectivity index (χ2n) is 4.91. The number of anilines is 1. The number of carbonyl (C=O) groups excluding carboxylic acids is 2. The van der Waals surface area contributed by atoms with Gasteiger partial charge in [-0.1, -0.05) is 52.4 Å². The fourth-order valence-corrected chi connectivity index (χ4v) is 4.42. The summed E-state index contributed by atoms with van der Waals surface area (Å²) in [5, 5.41) is 15.9. The van der Waals surface area contributed by atoms with Gasteiger partial charge in [-0.05, 0) is 17.7 Å². The maximum atomic E-state index is 12.1. The molecule has 11 heteroatoms. The third kappa shape index (κ3) is 4.69. The predicted molar refractivity (Wildman–Crippen MR) is 99.4 cm³/mol. The number of thioether (sulfide) groups is 1. The standard InChI is InChI=1S/C14H11Cl2N5O2S2/c15-8-2-1-3-9(16)7(8)6-24-14-21-20-13(25-14)17-12(23)10-4-5-11(22)19-18-10/h1-3H,4-6H2,(H,19,22)(H,17,20,23). The lowest BCUT2D eigenvalue weighted by atomic mass is 10.2. The molecule has 0 fully saturated rings. The van der Waals surface area contributed by atoms with Crippen LogP contribution >= 0.6 is 46.3 Å². The molecule has 130 valence electrons. The number of aromatic nitrogens is 2. The zero-order valence-corrected chi connectivity index (χ0v) is 15.7. The molecular formula is C14H11Cl2N5O2S2. The molecule has 2 N–H and O–H groups in total. The Morgan fingerprint density at radius 3 is 2.72 bits per heavy atom. The summed E-state index contributed by atoms with van der Waals surface area (Å²) in [6.07, 6.45) is 0.533. The van der Waals surface area contributed by atoms with E-state index in [1.807, 2.05) is 0 Å². The highest BCUT2D eigenvalue weighted by molar-refractivity contribution is 8.00. The summed E-state index contributed by atoms with van der Waals surface area (Å²) in [4.78, 5) is 23.1. The third-order valence-corrected chi connectivity index (χ3v) is 5.90. The average Bonchev–Trinajstić information content (AvgIpc) is 3.02. The fraction of sp³-hybridized carbons (Fsp3) is 0.214. The maximum absolute atomic E-state index is 12.1. The number of amides is 2. The zero-order chi connectivity index (χ0) is 17.8. The fourth-order valence-electron chi connectivity index (χ4n) is 1.93. The van der Waals surface area contributed by atoms with Gasteiger partial charge < -0.3 is 0 Å². The minimum absolute atomic E-state index is 0.204. The van der Waals surface area contributed by atoms with Crippen LogP contribution in [0.3, 0.4) is 0 Å². The van der Waals surface area contributed by atoms with E-state index in [4.69, 9.17) is 23.2 Å². The van der Waals surface area contributed by atoms with Crippen molar-refractivity contribution in [3.63, 3.8) is 0 Å². The number of nitrogens with one attached hydrogen (secondary N) is 2. The molecule has 2 heterocycles. The third-order valence-electron chi connectivity index (χ3n) is 3.20. The van der Waals surface area contributed by atoms with Crippen molar-refractivity contribution in [2.75, 3.05) is 5.32 Å². The summed E-state index contributed by atoms with van der Waals surface area (Å²) < 4.78 is 0.671. The number of hydrogen-bond donors (Lipinski definition) is 2. The van der Waals surface area contributed by atoms with E-state index < -0.39 is 5.91 Å². The smallest absolute Gasteiger partial charge is 0.273 e. The van der Waals surface area contributed by atoms with Gasteiger partial charge in [-0.15, -0.1) is 10.2 Å². The molecule has 0 atom stereocenters. The highest BCUT2D eigenvalue weighted by Gasteiger charge is 2.19. The van der Waals surface area contributed by atoms with E-state index in [-0.39, 0.29) is 18.0 Å². The largest absolute Gasteiger partial charge is 0.295 e. The van der Waals surface area contributed by atoms with Crippen LogP contribution in [-0.4, -0.2) is 27.7 Å². The number of halogens is 2. The minimum Gasteiger partial charge on any atom is -0.295 e. The number of rotatable bonds is 5. The summed E-state index contributed by atoms with van der Waals surface area (Å²) >= 11 is 14.9. The zero-order valence-electron chi connectivity index (χ0n) is 12.6. The Kier molecular flexibility index (Phi) is 5.89. The number of hydrogen-bond acceptors (Lipinski definition) is 7. The molecular weight excluding hydrogens is 405 g/mol. The van der Waals surface area contributed by atoms with E-state index in [9.17, 15) is 9.59 Å². The van der Waals surface area contributed by atoms with Gasteiger partial charge in [0.05, 0.1) is 0 Å². The van der Waals surface area contributed by atoms with Crippen LogP contribution in [0, 0.1) is 0 Å². The average molecular weight is 416 g/mol. The molecule has 25 heavy (non-hydrogen) atoms. The Bertz CT molecular complexity index is 835. The van der Waals surface area contributed by atoms with Crippen molar-refractivity contribution in [3.05, 3.63) is 33.8 Å². The Hall–Kier alpha value is -1.68. The van der Waals surface area contributed by atoms with Crippen LogP contribution in [0.5, 0.6) is 0 Å². The summed E-state index contributed by atoms with van der Waals surface area (Å²) in [5.74, 6) is -0.0638. The molecule has 1 aliphatic heterocycles. The van der Waals surface area contributed by atoms with Crippen LogP contribution < -0.4 is 10.7 Å². The SMILES string of the molecule is O=C1CCC(C(=O)Nc2nnc(SCc3c(Cl)cccc3Cl)s2)=NN1. The molecule has 3 rings (SSSR count). The number of benzene rings is 1. The maximum Gasteiger partial charge on any atom is 0.273 e. The molecule has 0 bridgehead atoms. The normalized spacial score (nSPS) is 14.0. The quantitative estimate of drug-likeness (QED) is 0.576. The van der Waals surface area contributed by atoms with E-state index in [2.05, 4.69) is 26.0 Å². The first-order chi connectivity index (χ1) is 12.0. The summed E-state index contributed by atoms with van der Waals surface area (Å²) in [6.45, 7) is 0. The van der Waals surface area contributed by atoms with Gasteiger partial charge in [-0.3, -0.25) is 14.9 Å². The van der Waals surface area contributed by atoms with Crippen molar-refractivity contribution in [2.45, 2.75) is 22.9 Å². The predicted octanol–water partition coefficient (Wildman–Crippen LogP) is 3.34. The molecule has 1 aromatic carbocycles. The Morgan fingerprint density at radius 1 is 1.28 bits per heavy atom. The van der Waals surface area contributed by atoms with E-state index in [0.717, 1.165) is 5.56 Å². The Balaban J connectivity index is 1.59. The van der Waals surface area contributed by atoms with Gasteiger partial charge in [0.2, 0.25) is 11.0 Å². The number of hydrazone groups is 1. The van der Waals surface area contributed by atoms with Gasteiger partial charge >= 0.3 is 0 Å². The van der Waals surface area contributed by atoms with Crippen LogP contribution in [0.4, 0.5) is 5.13 Å². The van der Waals surface area contributed by atoms with Gasteiger partial charge in [0.25, 0.3) is 5.91 Å². The van der Waals surface area contributed by atoms with E-state index in [0.29, 0.717) is 31.7 Å². The monoisotopic (exact) mass is 415 g/mol. The van der Waals surface area contributed by atoms with Crippen LogP contribution in [-0.2, 0) is 15.3 Å². The Morgan fingerprint density at radius 2 is 2.04 bits per heavy atom. The highest BCUT2D eigenvalue weighted by atomic mass is 35.5. The van der Waals surface area contributed by atoms with Crippen LogP contribution in [0.15, 0.2) is 27.6 Å². The van der Waals surface area contributed by atoms with E-state index in [1.54, 1.807) is 18.2 Å². The summed E-state index contributed by atoms with van der Waals surface area (Å²) in [5.41, 5.74) is 3.36. The molecule has 0 spiro atoms. The van der Waals surface area contributed by atoms with Gasteiger partial charge in [0, 0.05) is 28.6 Å². The van der Waals surface area contributed by atoms with Gasteiger partial charge in [-0.25, -0.2) is 5.43 Å². The van der Waals surface area contributed by atoms with Crippen molar-refractivity contribution in [1.82, 2.24) is 15.6 Å². The first-order valence-corrected chi connectivity index (χ1v) is 9.64. The summed E-state index contributed by atoms with van der Waals surface area (Å²) in [7, 11) is 0. The van der Waals surface area contributed by atoms with Crippen molar-refractivity contribution in [2.24, 2.45) is 5.10 Å². The van der Waals surface area contributed by atoms with Gasteiger partial charge in [-0.2, -0.15) is 5.10 Å². The Labute approximate surface area is 161 Å².